The monoisotopic (exact) mass is 402 g/mol. The van der Waals surface area contributed by atoms with Crippen molar-refractivity contribution < 1.29 is 13.2 Å². The number of nitrogens with zero attached hydrogens (tertiary/aromatic N) is 3. The Morgan fingerprint density at radius 1 is 1.48 bits per heavy atom. The Labute approximate surface area is 142 Å². The van der Waals surface area contributed by atoms with Crippen LogP contribution >= 0.6 is 27.5 Å². The second kappa shape index (κ2) is 5.28. The summed E-state index contributed by atoms with van der Waals surface area (Å²) in [4.78, 5) is 0. The molecule has 1 unspecified atom stereocenters. The Balaban J connectivity index is 2.33. The molecule has 2 heterocycles. The molecule has 1 N–H and O–H groups in total. The second-order valence-corrected chi connectivity index (χ2v) is 5.99. The molecule has 1 atom stereocenters. The second-order valence-electron chi connectivity index (χ2n) is 4.79. The highest BCUT2D eigenvalue weighted by Gasteiger charge is 2.36. The summed E-state index contributed by atoms with van der Waals surface area (Å²) in [6, 6.07) is 3.15. The van der Waals surface area contributed by atoms with E-state index >= 15 is 0 Å². The molecule has 1 aliphatic rings. The van der Waals surface area contributed by atoms with Gasteiger partial charge in [-0.25, -0.2) is 4.68 Å². The maximum atomic E-state index is 13.0. The third-order valence-electron chi connectivity index (χ3n) is 3.43. The highest BCUT2D eigenvalue weighted by molar-refractivity contribution is 9.10. The van der Waals surface area contributed by atoms with Crippen LogP contribution in [-0.2, 0) is 6.18 Å². The van der Waals surface area contributed by atoms with Crippen LogP contribution in [-0.4, -0.2) is 9.78 Å². The van der Waals surface area contributed by atoms with Crippen molar-refractivity contribution in [3.05, 3.63) is 51.1 Å². The number of rotatable bonds is 1. The number of nitriles is 1. The van der Waals surface area contributed by atoms with Gasteiger partial charge in [0.1, 0.15) is 11.9 Å². The molecule has 1 aromatic heterocycles. The predicted molar refractivity (Wildman–Crippen MR) is 82.6 cm³/mol. The molecule has 9 heteroatoms. The summed E-state index contributed by atoms with van der Waals surface area (Å²) < 4.78 is 40.8. The largest absolute Gasteiger partial charge is 0.416 e. The zero-order valence-corrected chi connectivity index (χ0v) is 13.6. The lowest BCUT2D eigenvalue weighted by Gasteiger charge is -2.28. The molecule has 0 saturated carbocycles. The quantitative estimate of drug-likeness (QED) is 0.694. The molecule has 0 spiro atoms. The highest BCUT2D eigenvalue weighted by atomic mass is 79.9. The third kappa shape index (κ3) is 2.40. The Hall–Kier alpha value is -1.98. The number of halogens is 5. The van der Waals surface area contributed by atoms with Gasteiger partial charge in [0, 0.05) is 5.56 Å². The van der Waals surface area contributed by atoms with Gasteiger partial charge in [-0.1, -0.05) is 17.7 Å². The first kappa shape index (κ1) is 15.9. The van der Waals surface area contributed by atoms with Crippen LogP contribution in [0.2, 0.25) is 5.02 Å². The van der Waals surface area contributed by atoms with Gasteiger partial charge in [0.15, 0.2) is 5.69 Å². The summed E-state index contributed by atoms with van der Waals surface area (Å²) in [5, 5.41) is 16.0. The summed E-state index contributed by atoms with van der Waals surface area (Å²) in [5.74, 6) is 0.431. The minimum absolute atomic E-state index is 0.0964. The third-order valence-corrected chi connectivity index (χ3v) is 4.47. The Morgan fingerprint density at radius 2 is 2.17 bits per heavy atom. The SMILES string of the molecule is C=CC1Nc2c(Br)c(C#N)nn2-c2c(Cl)cc(C(F)(F)F)cc21. The van der Waals surface area contributed by atoms with Gasteiger partial charge in [-0.2, -0.15) is 23.5 Å². The molecule has 0 bridgehead atoms. The molecule has 0 saturated heterocycles. The fourth-order valence-electron chi connectivity index (χ4n) is 2.41. The highest BCUT2D eigenvalue weighted by Crippen LogP contribution is 2.44. The molecule has 0 amide bonds. The summed E-state index contributed by atoms with van der Waals surface area (Å²) >= 11 is 9.34. The topological polar surface area (TPSA) is 53.6 Å². The van der Waals surface area contributed by atoms with Crippen molar-refractivity contribution in [2.75, 3.05) is 5.32 Å². The molecule has 0 fully saturated rings. The lowest BCUT2D eigenvalue weighted by molar-refractivity contribution is -0.137. The number of benzene rings is 1. The van der Waals surface area contributed by atoms with Gasteiger partial charge in [-0.3, -0.25) is 0 Å². The van der Waals surface area contributed by atoms with Crippen LogP contribution in [0.3, 0.4) is 0 Å². The average molecular weight is 404 g/mol. The van der Waals surface area contributed by atoms with Crippen molar-refractivity contribution in [1.82, 2.24) is 9.78 Å². The lowest BCUT2D eigenvalue weighted by Crippen LogP contribution is -2.22. The van der Waals surface area contributed by atoms with Crippen molar-refractivity contribution in [2.45, 2.75) is 12.2 Å². The number of anilines is 1. The zero-order valence-electron chi connectivity index (χ0n) is 11.2. The van der Waals surface area contributed by atoms with E-state index in [4.69, 9.17) is 16.9 Å². The van der Waals surface area contributed by atoms with E-state index in [-0.39, 0.29) is 16.3 Å². The first-order chi connectivity index (χ1) is 10.8. The molecule has 3 rings (SSSR count). The summed E-state index contributed by atoms with van der Waals surface area (Å²) in [6.07, 6.45) is -3.06. The fourth-order valence-corrected chi connectivity index (χ4v) is 3.17. The normalized spacial score (nSPS) is 16.1. The first-order valence-corrected chi connectivity index (χ1v) is 7.43. The lowest BCUT2D eigenvalue weighted by atomic mass is 9.99. The van der Waals surface area contributed by atoms with E-state index in [1.165, 1.54) is 10.8 Å². The summed E-state index contributed by atoms with van der Waals surface area (Å²) in [5.41, 5.74) is -0.184. The molecular weight excluding hydrogens is 397 g/mol. The summed E-state index contributed by atoms with van der Waals surface area (Å²) in [6.45, 7) is 3.64. The fraction of sp³-hybridized carbons (Fsp3) is 0.143. The van der Waals surface area contributed by atoms with E-state index in [1.807, 2.05) is 6.07 Å². The molecule has 2 aromatic rings. The number of hydrogen-bond donors (Lipinski definition) is 1. The molecule has 1 aromatic carbocycles. The average Bonchev–Trinajstić information content (AvgIpc) is 2.81. The molecule has 118 valence electrons. The standard InChI is InChI=1S/C14H7BrClF3N4/c1-2-9-7-3-6(14(17,18)19)4-8(16)12(7)23-13(21-9)11(15)10(5-20)22-23/h2-4,9,21H,1H2. The number of aromatic nitrogens is 2. The Morgan fingerprint density at radius 3 is 2.74 bits per heavy atom. The summed E-state index contributed by atoms with van der Waals surface area (Å²) in [7, 11) is 0. The Bertz CT molecular complexity index is 866. The first-order valence-electron chi connectivity index (χ1n) is 6.26. The molecule has 23 heavy (non-hydrogen) atoms. The molecule has 4 nitrogen and oxygen atoms in total. The van der Waals surface area contributed by atoms with Crippen LogP contribution < -0.4 is 5.32 Å². The van der Waals surface area contributed by atoms with E-state index < -0.39 is 17.8 Å². The van der Waals surface area contributed by atoms with Gasteiger partial charge in [0.2, 0.25) is 0 Å². The molecule has 1 aliphatic heterocycles. The van der Waals surface area contributed by atoms with Crippen molar-refractivity contribution in [3.8, 4) is 11.8 Å². The van der Waals surface area contributed by atoms with Gasteiger partial charge in [0.05, 0.1) is 26.8 Å². The van der Waals surface area contributed by atoms with Gasteiger partial charge in [-0.05, 0) is 28.1 Å². The van der Waals surface area contributed by atoms with Gasteiger partial charge in [-0.15, -0.1) is 6.58 Å². The van der Waals surface area contributed by atoms with Crippen LogP contribution in [0.15, 0.2) is 29.3 Å². The van der Waals surface area contributed by atoms with E-state index in [1.54, 1.807) is 0 Å². The smallest absolute Gasteiger partial charge is 0.359 e. The van der Waals surface area contributed by atoms with E-state index in [0.717, 1.165) is 12.1 Å². The van der Waals surface area contributed by atoms with Crippen LogP contribution in [0.5, 0.6) is 0 Å². The van der Waals surface area contributed by atoms with Crippen molar-refractivity contribution in [3.63, 3.8) is 0 Å². The zero-order chi connectivity index (χ0) is 16.9. The number of nitrogens with one attached hydrogen (secondary N) is 1. The van der Waals surface area contributed by atoms with Crippen molar-refractivity contribution in [2.24, 2.45) is 0 Å². The molecule has 0 radical (unpaired) electrons. The molecular formula is C14H7BrClF3N4. The van der Waals surface area contributed by atoms with E-state index in [2.05, 4.69) is 32.9 Å². The van der Waals surface area contributed by atoms with Crippen molar-refractivity contribution in [1.29, 1.82) is 5.26 Å². The van der Waals surface area contributed by atoms with Crippen LogP contribution in [0, 0.1) is 11.3 Å². The van der Waals surface area contributed by atoms with Crippen molar-refractivity contribution >= 4 is 33.3 Å². The van der Waals surface area contributed by atoms with Crippen LogP contribution in [0.25, 0.3) is 5.69 Å². The number of alkyl halides is 3. The maximum absolute atomic E-state index is 13.0. The Kier molecular flexibility index (Phi) is 3.65. The van der Waals surface area contributed by atoms with Gasteiger partial charge in [0.25, 0.3) is 0 Å². The predicted octanol–water partition coefficient (Wildman–Crippen LogP) is 4.83. The van der Waals surface area contributed by atoms with Crippen LogP contribution in [0.1, 0.15) is 22.9 Å². The van der Waals surface area contributed by atoms with E-state index in [9.17, 15) is 13.2 Å². The maximum Gasteiger partial charge on any atom is 0.416 e. The van der Waals surface area contributed by atoms with Gasteiger partial charge >= 0.3 is 6.18 Å². The van der Waals surface area contributed by atoms with E-state index in [0.29, 0.717) is 16.0 Å². The number of hydrogen-bond acceptors (Lipinski definition) is 3. The minimum atomic E-state index is -4.52. The molecule has 0 aliphatic carbocycles. The van der Waals surface area contributed by atoms with Crippen LogP contribution in [0.4, 0.5) is 19.0 Å². The van der Waals surface area contributed by atoms with Gasteiger partial charge < -0.3 is 5.32 Å². The number of fused-ring (bicyclic) bond motifs is 3. The minimum Gasteiger partial charge on any atom is -0.359 e.